The molecule has 0 bridgehead atoms. The lowest BCUT2D eigenvalue weighted by molar-refractivity contribution is -0.142. The lowest BCUT2D eigenvalue weighted by Gasteiger charge is -2.25. The Morgan fingerprint density at radius 2 is 1.74 bits per heavy atom. The van der Waals surface area contributed by atoms with Crippen molar-refractivity contribution in [2.75, 3.05) is 5.32 Å². The van der Waals surface area contributed by atoms with E-state index in [1.54, 1.807) is 13.8 Å². The van der Waals surface area contributed by atoms with E-state index in [1.165, 1.54) is 32.1 Å². The Morgan fingerprint density at radius 1 is 1.16 bits per heavy atom. The molecule has 0 heterocycles. The van der Waals surface area contributed by atoms with Crippen molar-refractivity contribution < 1.29 is 9.90 Å². The number of carbonyl (C=O) groups is 1. The molecule has 1 aromatic carbocycles. The zero-order valence-electron chi connectivity index (χ0n) is 11.8. The van der Waals surface area contributed by atoms with Crippen LogP contribution in [0.25, 0.3) is 0 Å². The van der Waals surface area contributed by atoms with Gasteiger partial charge in [0.2, 0.25) is 0 Å². The smallest absolute Gasteiger partial charge is 0.313 e. The highest BCUT2D eigenvalue weighted by Crippen LogP contribution is 2.26. The van der Waals surface area contributed by atoms with Gasteiger partial charge in [-0.25, -0.2) is 0 Å². The summed E-state index contributed by atoms with van der Waals surface area (Å²) in [4.78, 5) is 11.2. The van der Waals surface area contributed by atoms with Gasteiger partial charge >= 0.3 is 5.97 Å². The number of rotatable bonds is 4. The molecule has 0 unspecified atom stereocenters. The first-order valence-corrected chi connectivity index (χ1v) is 7.10. The second-order valence-electron chi connectivity index (χ2n) is 5.99. The average Bonchev–Trinajstić information content (AvgIpc) is 2.40. The largest absolute Gasteiger partial charge is 0.481 e. The van der Waals surface area contributed by atoms with E-state index >= 15 is 0 Å². The number of carboxylic acids is 1. The number of aliphatic carboxylic acids is 1. The van der Waals surface area contributed by atoms with Crippen LogP contribution in [0.3, 0.4) is 0 Å². The maximum absolute atomic E-state index is 11.2. The van der Waals surface area contributed by atoms with Crippen LogP contribution >= 0.6 is 0 Å². The van der Waals surface area contributed by atoms with Crippen LogP contribution in [0.1, 0.15) is 51.5 Å². The van der Waals surface area contributed by atoms with Crippen molar-refractivity contribution in [2.45, 2.75) is 57.4 Å². The lowest BCUT2D eigenvalue weighted by Crippen LogP contribution is -2.28. The number of hydrogen-bond acceptors (Lipinski definition) is 2. The minimum atomic E-state index is -0.830. The fourth-order valence-electron chi connectivity index (χ4n) is 2.59. The molecule has 0 saturated heterocycles. The van der Waals surface area contributed by atoms with E-state index in [4.69, 9.17) is 0 Å². The molecule has 3 heteroatoms. The van der Waals surface area contributed by atoms with Gasteiger partial charge in [-0.15, -0.1) is 0 Å². The van der Waals surface area contributed by atoms with Gasteiger partial charge in [0.05, 0.1) is 5.41 Å². The van der Waals surface area contributed by atoms with Crippen molar-refractivity contribution in [1.29, 1.82) is 0 Å². The second-order valence-corrected chi connectivity index (χ2v) is 5.99. The topological polar surface area (TPSA) is 49.3 Å². The molecule has 1 aliphatic rings. The molecule has 1 aromatic rings. The highest BCUT2D eigenvalue weighted by atomic mass is 16.4. The fourth-order valence-corrected chi connectivity index (χ4v) is 2.59. The van der Waals surface area contributed by atoms with Crippen LogP contribution in [0.2, 0.25) is 0 Å². The molecule has 0 amide bonds. The van der Waals surface area contributed by atoms with Crippen molar-refractivity contribution >= 4 is 11.7 Å². The van der Waals surface area contributed by atoms with Gasteiger partial charge in [0, 0.05) is 11.7 Å². The average molecular weight is 261 g/mol. The van der Waals surface area contributed by atoms with Crippen LogP contribution in [0.5, 0.6) is 0 Å². The highest BCUT2D eigenvalue weighted by molar-refractivity contribution is 5.80. The Kier molecular flexibility index (Phi) is 4.13. The van der Waals surface area contributed by atoms with Gasteiger partial charge in [0.25, 0.3) is 0 Å². The van der Waals surface area contributed by atoms with Gasteiger partial charge in [-0.05, 0) is 44.4 Å². The van der Waals surface area contributed by atoms with Crippen molar-refractivity contribution in [1.82, 2.24) is 0 Å². The molecule has 0 radical (unpaired) electrons. The predicted molar refractivity (Wildman–Crippen MR) is 77.6 cm³/mol. The van der Waals surface area contributed by atoms with Crippen molar-refractivity contribution in [3.05, 3.63) is 29.8 Å². The van der Waals surface area contributed by atoms with E-state index in [0.717, 1.165) is 11.3 Å². The van der Waals surface area contributed by atoms with Gasteiger partial charge in [-0.3, -0.25) is 4.79 Å². The summed E-state index contributed by atoms with van der Waals surface area (Å²) in [5.74, 6) is -0.791. The maximum atomic E-state index is 11.2. The molecule has 0 spiro atoms. The Balaban J connectivity index is 2.04. The Morgan fingerprint density at radius 3 is 2.26 bits per heavy atom. The van der Waals surface area contributed by atoms with E-state index in [2.05, 4.69) is 5.32 Å². The van der Waals surface area contributed by atoms with Crippen molar-refractivity contribution in [3.63, 3.8) is 0 Å². The molecule has 0 aromatic heterocycles. The minimum Gasteiger partial charge on any atom is -0.481 e. The van der Waals surface area contributed by atoms with Gasteiger partial charge < -0.3 is 10.4 Å². The normalized spacial score (nSPS) is 17.2. The minimum absolute atomic E-state index is 0.576. The number of hydrogen-bond donors (Lipinski definition) is 2. The third-order valence-corrected chi connectivity index (χ3v) is 4.12. The quantitative estimate of drug-likeness (QED) is 0.867. The zero-order valence-corrected chi connectivity index (χ0v) is 11.8. The first-order valence-electron chi connectivity index (χ1n) is 7.10. The number of nitrogens with one attached hydrogen (secondary N) is 1. The van der Waals surface area contributed by atoms with Crippen LogP contribution < -0.4 is 5.32 Å². The number of benzene rings is 1. The van der Waals surface area contributed by atoms with Gasteiger partial charge in [-0.2, -0.15) is 0 Å². The predicted octanol–water partition coefficient (Wildman–Crippen LogP) is 3.79. The monoisotopic (exact) mass is 261 g/mol. The molecule has 1 aliphatic carbocycles. The van der Waals surface area contributed by atoms with Crippen LogP contribution in [-0.2, 0) is 10.2 Å². The van der Waals surface area contributed by atoms with E-state index < -0.39 is 11.4 Å². The molecule has 2 rings (SSSR count). The summed E-state index contributed by atoms with van der Waals surface area (Å²) in [5.41, 5.74) is 1.11. The van der Waals surface area contributed by atoms with Crippen LogP contribution in [0, 0.1) is 0 Å². The standard InChI is InChI=1S/C16H23NO2/c1-16(2,15(18)19)12-8-10-14(11-9-12)17-13-6-4-3-5-7-13/h8-11,13,17H,3-7H2,1-2H3,(H,18,19). The zero-order chi connectivity index (χ0) is 13.9. The third-order valence-electron chi connectivity index (χ3n) is 4.12. The van der Waals surface area contributed by atoms with E-state index in [-0.39, 0.29) is 0 Å². The summed E-state index contributed by atoms with van der Waals surface area (Å²) in [7, 11) is 0. The summed E-state index contributed by atoms with van der Waals surface area (Å²) in [6, 6.07) is 8.40. The first kappa shape index (κ1) is 13.9. The van der Waals surface area contributed by atoms with Crippen LogP contribution in [0.4, 0.5) is 5.69 Å². The van der Waals surface area contributed by atoms with E-state index in [1.807, 2.05) is 24.3 Å². The summed E-state index contributed by atoms with van der Waals surface area (Å²) < 4.78 is 0. The van der Waals surface area contributed by atoms with Crippen molar-refractivity contribution in [3.8, 4) is 0 Å². The Hall–Kier alpha value is -1.51. The lowest BCUT2D eigenvalue weighted by atomic mass is 9.85. The van der Waals surface area contributed by atoms with Crippen LogP contribution in [-0.4, -0.2) is 17.1 Å². The highest BCUT2D eigenvalue weighted by Gasteiger charge is 2.29. The molecular weight excluding hydrogens is 238 g/mol. The molecule has 1 fully saturated rings. The van der Waals surface area contributed by atoms with Gasteiger partial charge in [-0.1, -0.05) is 31.4 Å². The summed E-state index contributed by atoms with van der Waals surface area (Å²) in [5, 5.41) is 12.8. The molecule has 0 aliphatic heterocycles. The Labute approximate surface area is 115 Å². The maximum Gasteiger partial charge on any atom is 0.313 e. The Bertz CT molecular complexity index is 431. The fraction of sp³-hybridized carbons (Fsp3) is 0.562. The summed E-state index contributed by atoms with van der Waals surface area (Å²) in [6.07, 6.45) is 6.44. The molecular formula is C16H23NO2. The summed E-state index contributed by atoms with van der Waals surface area (Å²) >= 11 is 0. The molecule has 19 heavy (non-hydrogen) atoms. The molecule has 1 saturated carbocycles. The SMILES string of the molecule is CC(C)(C(=O)O)c1ccc(NC2CCCCC2)cc1. The van der Waals surface area contributed by atoms with E-state index in [0.29, 0.717) is 6.04 Å². The molecule has 0 atom stereocenters. The van der Waals surface area contributed by atoms with Gasteiger partial charge in [0.15, 0.2) is 0 Å². The molecule has 104 valence electrons. The first-order chi connectivity index (χ1) is 9.00. The van der Waals surface area contributed by atoms with Gasteiger partial charge in [0.1, 0.15) is 0 Å². The summed E-state index contributed by atoms with van der Waals surface area (Å²) in [6.45, 7) is 3.47. The van der Waals surface area contributed by atoms with Crippen LogP contribution in [0.15, 0.2) is 24.3 Å². The number of carboxylic acid groups (broad SMARTS) is 1. The molecule has 2 N–H and O–H groups in total. The molecule has 3 nitrogen and oxygen atoms in total. The van der Waals surface area contributed by atoms with E-state index in [9.17, 15) is 9.90 Å². The number of anilines is 1. The van der Waals surface area contributed by atoms with Crippen molar-refractivity contribution in [2.24, 2.45) is 0 Å². The second kappa shape index (κ2) is 5.64. The third kappa shape index (κ3) is 3.28.